The molecular weight excluding hydrogens is 238 g/mol. The first-order valence-corrected chi connectivity index (χ1v) is 5.33. The molecule has 0 unspecified atom stereocenters. The van der Waals surface area contributed by atoms with E-state index in [4.69, 9.17) is 0 Å². The predicted molar refractivity (Wildman–Crippen MR) is 64.8 cm³/mol. The molecule has 1 aromatic rings. The Hall–Kier alpha value is -2.24. The highest BCUT2D eigenvalue weighted by Gasteiger charge is 2.27. The number of aromatic hydroxyl groups is 1. The number of rotatable bonds is 2. The maximum absolute atomic E-state index is 11.6. The van der Waals surface area contributed by atoms with E-state index in [-0.39, 0.29) is 11.4 Å². The predicted octanol–water partition coefficient (Wildman–Crippen LogP) is 2.29. The zero-order valence-electron chi connectivity index (χ0n) is 10.5. The van der Waals surface area contributed by atoms with Gasteiger partial charge in [0.25, 0.3) is 0 Å². The van der Waals surface area contributed by atoms with Gasteiger partial charge in [0.1, 0.15) is 5.75 Å². The van der Waals surface area contributed by atoms with Gasteiger partial charge in [-0.15, -0.1) is 0 Å². The van der Waals surface area contributed by atoms with Gasteiger partial charge in [0, 0.05) is 5.56 Å². The van der Waals surface area contributed by atoms with E-state index >= 15 is 0 Å². The van der Waals surface area contributed by atoms with Crippen molar-refractivity contribution in [3.05, 3.63) is 23.8 Å². The normalized spacial score (nSPS) is 9.72. The number of hydrogen-bond acceptors (Lipinski definition) is 5. The van der Waals surface area contributed by atoms with Crippen molar-refractivity contribution in [1.82, 2.24) is 0 Å². The van der Waals surface area contributed by atoms with Gasteiger partial charge in [0.2, 0.25) is 0 Å². The Morgan fingerprint density at radius 3 is 2.22 bits per heavy atom. The summed E-state index contributed by atoms with van der Waals surface area (Å²) >= 11 is 0. The number of benzene rings is 1. The Morgan fingerprint density at radius 2 is 1.78 bits per heavy atom. The molecule has 0 aliphatic heterocycles. The lowest BCUT2D eigenvalue weighted by atomic mass is 10.1. The van der Waals surface area contributed by atoms with E-state index in [2.05, 4.69) is 9.47 Å². The Bertz CT molecular complexity index is 442. The van der Waals surface area contributed by atoms with E-state index < -0.39 is 12.2 Å². The molecule has 0 bridgehead atoms. The minimum Gasteiger partial charge on any atom is -0.508 e. The minimum absolute atomic E-state index is 0.00723. The van der Waals surface area contributed by atoms with Crippen LogP contribution in [0.3, 0.4) is 0 Å². The number of amides is 2. The first-order chi connectivity index (χ1) is 8.56. The average molecular weight is 253 g/mol. The third kappa shape index (κ3) is 2.53. The van der Waals surface area contributed by atoms with E-state index in [1.807, 2.05) is 0 Å². The molecular formula is C12H15NO5. The molecule has 0 aliphatic rings. The summed E-state index contributed by atoms with van der Waals surface area (Å²) in [7, 11) is 2.32. The molecule has 0 radical (unpaired) electrons. The Balaban J connectivity index is 3.33. The van der Waals surface area contributed by atoms with Crippen molar-refractivity contribution in [2.45, 2.75) is 13.3 Å². The van der Waals surface area contributed by atoms with Crippen molar-refractivity contribution in [3.8, 4) is 5.75 Å². The molecule has 6 nitrogen and oxygen atoms in total. The van der Waals surface area contributed by atoms with Crippen LogP contribution < -0.4 is 4.90 Å². The van der Waals surface area contributed by atoms with Crippen molar-refractivity contribution in [2.75, 3.05) is 19.1 Å². The van der Waals surface area contributed by atoms with Crippen LogP contribution in [-0.2, 0) is 15.9 Å². The number of imide groups is 1. The topological polar surface area (TPSA) is 76.1 Å². The number of carbonyl (C=O) groups excluding carboxylic acids is 2. The molecule has 0 atom stereocenters. The van der Waals surface area contributed by atoms with Gasteiger partial charge in [-0.2, -0.15) is 4.90 Å². The molecule has 1 N–H and O–H groups in total. The third-order valence-electron chi connectivity index (χ3n) is 2.44. The second kappa shape index (κ2) is 5.90. The molecule has 0 spiro atoms. The molecule has 6 heteroatoms. The maximum Gasteiger partial charge on any atom is 0.423 e. The largest absolute Gasteiger partial charge is 0.508 e. The van der Waals surface area contributed by atoms with Gasteiger partial charge in [-0.1, -0.05) is 13.0 Å². The fraction of sp³-hybridized carbons (Fsp3) is 0.333. The molecule has 18 heavy (non-hydrogen) atoms. The number of ether oxygens (including phenoxy) is 2. The van der Waals surface area contributed by atoms with Crippen molar-refractivity contribution in [1.29, 1.82) is 0 Å². The van der Waals surface area contributed by atoms with Crippen LogP contribution in [0.1, 0.15) is 12.5 Å². The van der Waals surface area contributed by atoms with Crippen LogP contribution in [0.5, 0.6) is 5.75 Å². The van der Waals surface area contributed by atoms with Crippen LogP contribution in [0, 0.1) is 0 Å². The lowest BCUT2D eigenvalue weighted by Crippen LogP contribution is -2.37. The fourth-order valence-corrected chi connectivity index (χ4v) is 1.59. The number of anilines is 1. The summed E-state index contributed by atoms with van der Waals surface area (Å²) < 4.78 is 9.07. The molecule has 0 heterocycles. The lowest BCUT2D eigenvalue weighted by molar-refractivity contribution is 0.159. The van der Waals surface area contributed by atoms with E-state index in [0.29, 0.717) is 12.0 Å². The highest BCUT2D eigenvalue weighted by Crippen LogP contribution is 2.29. The monoisotopic (exact) mass is 253 g/mol. The van der Waals surface area contributed by atoms with Crippen molar-refractivity contribution >= 4 is 17.9 Å². The summed E-state index contributed by atoms with van der Waals surface area (Å²) in [4.78, 5) is 24.0. The van der Waals surface area contributed by atoms with Crippen molar-refractivity contribution in [3.63, 3.8) is 0 Å². The summed E-state index contributed by atoms with van der Waals surface area (Å²) in [6.45, 7) is 1.80. The highest BCUT2D eigenvalue weighted by atomic mass is 16.6. The van der Waals surface area contributed by atoms with Crippen molar-refractivity contribution < 1.29 is 24.2 Å². The zero-order chi connectivity index (χ0) is 13.7. The first-order valence-electron chi connectivity index (χ1n) is 5.33. The molecule has 0 aromatic heterocycles. The summed E-state index contributed by atoms with van der Waals surface area (Å²) in [5.74, 6) is 0.00723. The van der Waals surface area contributed by atoms with Gasteiger partial charge in [0.15, 0.2) is 0 Å². The number of phenols is 1. The Labute approximate surface area is 105 Å². The standard InChI is InChI=1S/C12H15NO5/c1-4-8-9(6-5-7-10(8)14)13(11(15)17-2)12(16)18-3/h5-7,14H,4H2,1-3H3. The summed E-state index contributed by atoms with van der Waals surface area (Å²) in [5, 5.41) is 9.72. The Kier molecular flexibility index (Phi) is 4.53. The van der Waals surface area contributed by atoms with Crippen LogP contribution in [-0.4, -0.2) is 31.5 Å². The van der Waals surface area contributed by atoms with Gasteiger partial charge >= 0.3 is 12.2 Å². The van der Waals surface area contributed by atoms with Crippen LogP contribution in [0.4, 0.5) is 15.3 Å². The van der Waals surface area contributed by atoms with Crippen LogP contribution in [0.2, 0.25) is 0 Å². The SMILES string of the molecule is CCc1c(O)cccc1N(C(=O)OC)C(=O)OC. The van der Waals surface area contributed by atoms with Crippen LogP contribution >= 0.6 is 0 Å². The van der Waals surface area contributed by atoms with E-state index in [1.54, 1.807) is 6.92 Å². The van der Waals surface area contributed by atoms with E-state index in [0.717, 1.165) is 19.1 Å². The molecule has 1 rings (SSSR count). The molecule has 0 fully saturated rings. The molecule has 2 amide bonds. The van der Waals surface area contributed by atoms with Crippen LogP contribution in [0.15, 0.2) is 18.2 Å². The van der Waals surface area contributed by atoms with Gasteiger partial charge in [0.05, 0.1) is 19.9 Å². The van der Waals surface area contributed by atoms with Crippen LogP contribution in [0.25, 0.3) is 0 Å². The van der Waals surface area contributed by atoms with Crippen molar-refractivity contribution in [2.24, 2.45) is 0 Å². The van der Waals surface area contributed by atoms with E-state index in [1.165, 1.54) is 18.2 Å². The quantitative estimate of drug-likeness (QED) is 0.875. The third-order valence-corrected chi connectivity index (χ3v) is 2.44. The van der Waals surface area contributed by atoms with E-state index in [9.17, 15) is 14.7 Å². The molecule has 98 valence electrons. The molecule has 0 saturated heterocycles. The summed E-state index contributed by atoms with van der Waals surface area (Å²) in [5.41, 5.74) is 0.713. The second-order valence-electron chi connectivity index (χ2n) is 3.40. The van der Waals surface area contributed by atoms with Gasteiger partial charge in [-0.25, -0.2) is 9.59 Å². The first kappa shape index (κ1) is 13.8. The second-order valence-corrected chi connectivity index (χ2v) is 3.40. The number of nitrogens with zero attached hydrogens (tertiary/aromatic N) is 1. The average Bonchev–Trinajstić information content (AvgIpc) is 2.38. The number of phenolic OH excluding ortho intramolecular Hbond substituents is 1. The molecule has 0 saturated carbocycles. The maximum atomic E-state index is 11.6. The van der Waals surface area contributed by atoms with Gasteiger partial charge in [-0.05, 0) is 18.6 Å². The molecule has 1 aromatic carbocycles. The molecule has 0 aliphatic carbocycles. The summed E-state index contributed by atoms with van der Waals surface area (Å²) in [6, 6.07) is 4.55. The highest BCUT2D eigenvalue weighted by molar-refractivity contribution is 6.10. The number of methoxy groups -OCH3 is 2. The minimum atomic E-state index is -0.873. The zero-order valence-corrected chi connectivity index (χ0v) is 10.5. The smallest absolute Gasteiger partial charge is 0.423 e. The van der Waals surface area contributed by atoms with Gasteiger partial charge < -0.3 is 14.6 Å². The summed E-state index contributed by atoms with van der Waals surface area (Å²) in [6.07, 6.45) is -1.30. The number of hydrogen-bond donors (Lipinski definition) is 1. The van der Waals surface area contributed by atoms with Gasteiger partial charge in [-0.3, -0.25) is 0 Å². The number of carbonyl (C=O) groups is 2. The fourth-order valence-electron chi connectivity index (χ4n) is 1.59. The Morgan fingerprint density at radius 1 is 1.22 bits per heavy atom. The lowest BCUT2D eigenvalue weighted by Gasteiger charge is -2.20.